The second-order valence-electron chi connectivity index (χ2n) is 5.17. The summed E-state index contributed by atoms with van der Waals surface area (Å²) >= 11 is 0. The number of ether oxygens (including phenoxy) is 2. The molecule has 2 rings (SSSR count). The Labute approximate surface area is 129 Å². The van der Waals surface area contributed by atoms with E-state index in [0.717, 1.165) is 12.8 Å². The second-order valence-corrected chi connectivity index (χ2v) is 6.94. The molecule has 0 saturated carbocycles. The molecule has 1 atom stereocenters. The van der Waals surface area contributed by atoms with Crippen molar-refractivity contribution in [3.05, 3.63) is 23.8 Å². The van der Waals surface area contributed by atoms with E-state index in [1.165, 1.54) is 18.2 Å². The molecule has 1 aliphatic rings. The monoisotopic (exact) mass is 328 g/mol. The highest BCUT2D eigenvalue weighted by atomic mass is 32.2. The number of rotatable bonds is 7. The molecule has 0 aliphatic carbocycles. The van der Waals surface area contributed by atoms with Crippen molar-refractivity contribution in [2.75, 3.05) is 19.8 Å². The SMILES string of the molecule is Cc1cc(S(=O)(=O)NC[C@@H]2CCCO2)ccc1OCC(N)=O. The maximum atomic E-state index is 12.2. The summed E-state index contributed by atoms with van der Waals surface area (Å²) in [6.45, 7) is 2.40. The number of carbonyl (C=O) groups excluding carboxylic acids is 1. The fraction of sp³-hybridized carbons (Fsp3) is 0.500. The lowest BCUT2D eigenvalue weighted by Crippen LogP contribution is -2.31. The van der Waals surface area contributed by atoms with Gasteiger partial charge in [0.2, 0.25) is 10.0 Å². The van der Waals surface area contributed by atoms with Crippen LogP contribution in [0.3, 0.4) is 0 Å². The van der Waals surface area contributed by atoms with Crippen LogP contribution >= 0.6 is 0 Å². The first kappa shape index (κ1) is 16.7. The minimum absolute atomic E-state index is 0.0611. The van der Waals surface area contributed by atoms with Crippen LogP contribution in [-0.2, 0) is 19.6 Å². The van der Waals surface area contributed by atoms with Crippen LogP contribution in [0, 0.1) is 6.92 Å². The minimum Gasteiger partial charge on any atom is -0.484 e. The van der Waals surface area contributed by atoms with Crippen molar-refractivity contribution in [3.63, 3.8) is 0 Å². The quantitative estimate of drug-likeness (QED) is 0.749. The van der Waals surface area contributed by atoms with Crippen molar-refractivity contribution in [2.45, 2.75) is 30.8 Å². The van der Waals surface area contributed by atoms with Crippen LogP contribution in [0.5, 0.6) is 5.75 Å². The lowest BCUT2D eigenvalue weighted by atomic mass is 10.2. The van der Waals surface area contributed by atoms with Gasteiger partial charge in [0.15, 0.2) is 6.61 Å². The molecule has 0 aromatic heterocycles. The molecule has 0 unspecified atom stereocenters. The Morgan fingerprint density at radius 3 is 2.86 bits per heavy atom. The molecule has 7 nitrogen and oxygen atoms in total. The van der Waals surface area contributed by atoms with Crippen LogP contribution in [0.1, 0.15) is 18.4 Å². The summed E-state index contributed by atoms with van der Waals surface area (Å²) in [7, 11) is -3.60. The van der Waals surface area contributed by atoms with Gasteiger partial charge in [0.1, 0.15) is 5.75 Å². The number of primary amides is 1. The van der Waals surface area contributed by atoms with Gasteiger partial charge in [-0.1, -0.05) is 0 Å². The Morgan fingerprint density at radius 2 is 2.27 bits per heavy atom. The van der Waals surface area contributed by atoms with Crippen LogP contribution in [0.25, 0.3) is 0 Å². The molecule has 1 fully saturated rings. The van der Waals surface area contributed by atoms with E-state index in [2.05, 4.69) is 4.72 Å². The van der Waals surface area contributed by atoms with Gasteiger partial charge in [-0.15, -0.1) is 0 Å². The third-order valence-electron chi connectivity index (χ3n) is 3.35. The van der Waals surface area contributed by atoms with E-state index in [-0.39, 0.29) is 24.2 Å². The molecule has 1 aromatic rings. The Morgan fingerprint density at radius 1 is 1.50 bits per heavy atom. The van der Waals surface area contributed by atoms with E-state index < -0.39 is 15.9 Å². The molecule has 1 heterocycles. The Balaban J connectivity index is 2.03. The number of aryl methyl sites for hydroxylation is 1. The highest BCUT2D eigenvalue weighted by Crippen LogP contribution is 2.22. The zero-order chi connectivity index (χ0) is 16.2. The molecule has 8 heteroatoms. The van der Waals surface area contributed by atoms with Crippen molar-refractivity contribution in [3.8, 4) is 5.75 Å². The summed E-state index contributed by atoms with van der Waals surface area (Å²) in [5.74, 6) is -0.161. The van der Waals surface area contributed by atoms with E-state index in [1.807, 2.05) is 0 Å². The van der Waals surface area contributed by atoms with Gasteiger partial charge in [0.05, 0.1) is 11.0 Å². The van der Waals surface area contributed by atoms with Crippen molar-refractivity contribution in [1.82, 2.24) is 4.72 Å². The Hall–Kier alpha value is -1.64. The van der Waals surface area contributed by atoms with Crippen LogP contribution in [0.2, 0.25) is 0 Å². The first-order chi connectivity index (χ1) is 10.4. The molecule has 0 bridgehead atoms. The summed E-state index contributed by atoms with van der Waals surface area (Å²) in [4.78, 5) is 10.8. The van der Waals surface area contributed by atoms with Gasteiger partial charge in [0, 0.05) is 13.2 Å². The van der Waals surface area contributed by atoms with E-state index >= 15 is 0 Å². The first-order valence-corrected chi connectivity index (χ1v) is 8.50. The third-order valence-corrected chi connectivity index (χ3v) is 4.77. The number of carbonyl (C=O) groups is 1. The molecule has 1 aromatic carbocycles. The van der Waals surface area contributed by atoms with Crippen molar-refractivity contribution < 1.29 is 22.7 Å². The fourth-order valence-electron chi connectivity index (χ4n) is 2.19. The van der Waals surface area contributed by atoms with Crippen LogP contribution in [-0.4, -0.2) is 40.2 Å². The van der Waals surface area contributed by atoms with E-state index in [0.29, 0.717) is 17.9 Å². The molecular formula is C14H20N2O5S. The van der Waals surface area contributed by atoms with Gasteiger partial charge in [0.25, 0.3) is 5.91 Å². The Kier molecular flexibility index (Phi) is 5.38. The van der Waals surface area contributed by atoms with E-state index in [4.69, 9.17) is 15.2 Å². The summed E-state index contributed by atoms with van der Waals surface area (Å²) in [6, 6.07) is 4.44. The van der Waals surface area contributed by atoms with Gasteiger partial charge in [-0.3, -0.25) is 4.79 Å². The normalized spacial score (nSPS) is 18.3. The number of sulfonamides is 1. The smallest absolute Gasteiger partial charge is 0.255 e. The van der Waals surface area contributed by atoms with Crippen LogP contribution in [0.15, 0.2) is 23.1 Å². The summed E-state index contributed by atoms with van der Waals surface area (Å²) in [6.07, 6.45) is 1.76. The molecule has 0 radical (unpaired) electrons. The second kappa shape index (κ2) is 7.08. The van der Waals surface area contributed by atoms with Gasteiger partial charge < -0.3 is 15.2 Å². The van der Waals surface area contributed by atoms with Crippen molar-refractivity contribution in [1.29, 1.82) is 0 Å². The summed E-state index contributed by atoms with van der Waals surface area (Å²) in [5, 5.41) is 0. The van der Waals surface area contributed by atoms with Crippen LogP contribution < -0.4 is 15.2 Å². The first-order valence-electron chi connectivity index (χ1n) is 7.01. The zero-order valence-electron chi connectivity index (χ0n) is 12.4. The number of hydrogen-bond donors (Lipinski definition) is 2. The minimum atomic E-state index is -3.60. The summed E-state index contributed by atoms with van der Waals surface area (Å²) < 4.78 is 37.6. The predicted octanol–water partition coefficient (Wildman–Crippen LogP) is 0.316. The molecule has 1 saturated heterocycles. The number of benzene rings is 1. The lowest BCUT2D eigenvalue weighted by molar-refractivity contribution is -0.119. The molecule has 0 spiro atoms. The van der Waals surface area contributed by atoms with E-state index in [9.17, 15) is 13.2 Å². The van der Waals surface area contributed by atoms with Crippen LogP contribution in [0.4, 0.5) is 0 Å². The van der Waals surface area contributed by atoms with Gasteiger partial charge >= 0.3 is 0 Å². The molecule has 1 aliphatic heterocycles. The molecule has 1 amide bonds. The fourth-order valence-corrected chi connectivity index (χ4v) is 3.34. The number of amides is 1. The molecule has 122 valence electrons. The highest BCUT2D eigenvalue weighted by molar-refractivity contribution is 7.89. The average Bonchev–Trinajstić information content (AvgIpc) is 2.97. The largest absolute Gasteiger partial charge is 0.484 e. The molecular weight excluding hydrogens is 308 g/mol. The maximum Gasteiger partial charge on any atom is 0.255 e. The molecule has 22 heavy (non-hydrogen) atoms. The number of nitrogens with two attached hydrogens (primary N) is 1. The average molecular weight is 328 g/mol. The van der Waals surface area contributed by atoms with Crippen molar-refractivity contribution in [2.24, 2.45) is 5.73 Å². The Bertz CT molecular complexity index is 639. The van der Waals surface area contributed by atoms with Crippen molar-refractivity contribution >= 4 is 15.9 Å². The van der Waals surface area contributed by atoms with E-state index in [1.54, 1.807) is 6.92 Å². The maximum absolute atomic E-state index is 12.2. The summed E-state index contributed by atoms with van der Waals surface area (Å²) in [5.41, 5.74) is 5.62. The topological polar surface area (TPSA) is 108 Å². The third kappa shape index (κ3) is 4.43. The van der Waals surface area contributed by atoms with Gasteiger partial charge in [-0.2, -0.15) is 0 Å². The lowest BCUT2D eigenvalue weighted by Gasteiger charge is -2.13. The van der Waals surface area contributed by atoms with Gasteiger partial charge in [-0.05, 0) is 43.5 Å². The van der Waals surface area contributed by atoms with Gasteiger partial charge in [-0.25, -0.2) is 13.1 Å². The number of hydrogen-bond acceptors (Lipinski definition) is 5. The predicted molar refractivity (Wildman–Crippen MR) is 80.0 cm³/mol. The zero-order valence-corrected chi connectivity index (χ0v) is 13.2. The standard InChI is InChI=1S/C14H20N2O5S/c1-10-7-12(4-5-13(10)21-9-14(15)17)22(18,19)16-8-11-3-2-6-20-11/h4-5,7,11,16H,2-3,6,8-9H2,1H3,(H2,15,17)/t11-/m0/s1. The molecule has 3 N–H and O–H groups in total. The highest BCUT2D eigenvalue weighted by Gasteiger charge is 2.20. The number of nitrogens with one attached hydrogen (secondary N) is 1.